The minimum Gasteiger partial charge on any atom is -0.508 e. The van der Waals surface area contributed by atoms with Gasteiger partial charge in [-0.2, -0.15) is 5.26 Å². The van der Waals surface area contributed by atoms with Crippen molar-refractivity contribution in [3.63, 3.8) is 0 Å². The SMILES string of the molecule is N#CC(=C(c1ccc(O)cc1)c1ccc(O)cc1)c1ccccc1. The Bertz CT molecular complexity index is 855. The third-order valence-electron chi connectivity index (χ3n) is 3.74. The molecule has 0 saturated heterocycles. The van der Waals surface area contributed by atoms with Crippen LogP contribution < -0.4 is 0 Å². The van der Waals surface area contributed by atoms with Gasteiger partial charge in [-0.15, -0.1) is 0 Å². The van der Waals surface area contributed by atoms with E-state index in [1.54, 1.807) is 48.5 Å². The Balaban J connectivity index is 2.28. The Hall–Kier alpha value is -3.51. The summed E-state index contributed by atoms with van der Waals surface area (Å²) in [6, 6.07) is 25.2. The van der Waals surface area contributed by atoms with Crippen molar-refractivity contribution in [2.45, 2.75) is 0 Å². The lowest BCUT2D eigenvalue weighted by Crippen LogP contribution is -1.94. The average Bonchev–Trinajstić information content (AvgIpc) is 2.62. The van der Waals surface area contributed by atoms with Gasteiger partial charge < -0.3 is 10.2 Å². The van der Waals surface area contributed by atoms with Gasteiger partial charge in [0.2, 0.25) is 0 Å². The first kappa shape index (κ1) is 15.4. The van der Waals surface area contributed by atoms with Crippen LogP contribution in [0.5, 0.6) is 11.5 Å². The van der Waals surface area contributed by atoms with Gasteiger partial charge >= 0.3 is 0 Å². The van der Waals surface area contributed by atoms with Gasteiger partial charge in [0.15, 0.2) is 0 Å². The number of phenols is 2. The highest BCUT2D eigenvalue weighted by atomic mass is 16.3. The number of aromatic hydroxyl groups is 2. The molecule has 0 atom stereocenters. The van der Waals surface area contributed by atoms with E-state index in [-0.39, 0.29) is 11.5 Å². The third-order valence-corrected chi connectivity index (χ3v) is 3.74. The van der Waals surface area contributed by atoms with Crippen LogP contribution >= 0.6 is 0 Å². The maximum absolute atomic E-state index is 9.78. The topological polar surface area (TPSA) is 64.2 Å². The van der Waals surface area contributed by atoms with Gasteiger partial charge in [0.1, 0.15) is 17.6 Å². The van der Waals surface area contributed by atoms with Crippen LogP contribution in [0, 0.1) is 11.3 Å². The summed E-state index contributed by atoms with van der Waals surface area (Å²) >= 11 is 0. The quantitative estimate of drug-likeness (QED) is 0.549. The summed E-state index contributed by atoms with van der Waals surface area (Å²) in [6.07, 6.45) is 0. The van der Waals surface area contributed by atoms with Crippen LogP contribution in [0.2, 0.25) is 0 Å². The van der Waals surface area contributed by atoms with Crippen molar-refractivity contribution in [3.8, 4) is 17.6 Å². The van der Waals surface area contributed by atoms with Crippen molar-refractivity contribution >= 4 is 11.1 Å². The molecule has 3 nitrogen and oxygen atoms in total. The molecule has 0 unspecified atom stereocenters. The number of nitriles is 1. The predicted octanol–water partition coefficient (Wildman–Crippen LogP) is 4.58. The minimum absolute atomic E-state index is 0.169. The van der Waals surface area contributed by atoms with Crippen LogP contribution in [0.15, 0.2) is 78.9 Å². The highest BCUT2D eigenvalue weighted by Gasteiger charge is 2.14. The van der Waals surface area contributed by atoms with Crippen molar-refractivity contribution < 1.29 is 10.2 Å². The molecule has 3 aromatic rings. The van der Waals surface area contributed by atoms with Crippen LogP contribution in [0.4, 0.5) is 0 Å². The monoisotopic (exact) mass is 313 g/mol. The van der Waals surface area contributed by atoms with E-state index in [4.69, 9.17) is 0 Å². The predicted molar refractivity (Wildman–Crippen MR) is 94.2 cm³/mol. The molecule has 3 rings (SSSR count). The van der Waals surface area contributed by atoms with E-state index in [2.05, 4.69) is 6.07 Å². The summed E-state index contributed by atoms with van der Waals surface area (Å²) in [5.74, 6) is 0.337. The molecule has 0 bridgehead atoms. The van der Waals surface area contributed by atoms with E-state index >= 15 is 0 Å². The maximum atomic E-state index is 9.78. The van der Waals surface area contributed by atoms with Crippen LogP contribution in [0.3, 0.4) is 0 Å². The number of allylic oxidation sites excluding steroid dienone is 1. The Kier molecular flexibility index (Phi) is 4.31. The summed E-state index contributed by atoms with van der Waals surface area (Å²) in [5.41, 5.74) is 3.74. The molecule has 0 spiro atoms. The average molecular weight is 313 g/mol. The second-order valence-corrected chi connectivity index (χ2v) is 5.32. The summed E-state index contributed by atoms with van der Waals surface area (Å²) in [4.78, 5) is 0. The molecule has 0 amide bonds. The number of rotatable bonds is 3. The van der Waals surface area contributed by atoms with Crippen molar-refractivity contribution in [1.29, 1.82) is 5.26 Å². The fourth-order valence-electron chi connectivity index (χ4n) is 2.58. The number of benzene rings is 3. The molecule has 0 heterocycles. The normalized spacial score (nSPS) is 9.96. The molecule has 0 fully saturated rings. The molecule has 0 aromatic heterocycles. The van der Waals surface area contributed by atoms with Crippen molar-refractivity contribution in [2.75, 3.05) is 0 Å². The van der Waals surface area contributed by atoms with Crippen molar-refractivity contribution in [2.24, 2.45) is 0 Å². The van der Waals surface area contributed by atoms with E-state index in [1.165, 1.54) is 0 Å². The molecule has 3 heteroatoms. The van der Waals surface area contributed by atoms with E-state index in [0.29, 0.717) is 5.57 Å². The van der Waals surface area contributed by atoms with Crippen LogP contribution in [-0.2, 0) is 0 Å². The lowest BCUT2D eigenvalue weighted by Gasteiger charge is -2.12. The largest absolute Gasteiger partial charge is 0.508 e. The van der Waals surface area contributed by atoms with Gasteiger partial charge in [-0.1, -0.05) is 54.6 Å². The number of hydrogen-bond donors (Lipinski definition) is 2. The molecule has 116 valence electrons. The summed E-state index contributed by atoms with van der Waals surface area (Å²) in [6.45, 7) is 0. The molecule has 2 N–H and O–H groups in total. The molecule has 0 aliphatic carbocycles. The fourth-order valence-corrected chi connectivity index (χ4v) is 2.58. The summed E-state index contributed by atoms with van der Waals surface area (Å²) in [5, 5.41) is 28.9. The van der Waals surface area contributed by atoms with Gasteiger partial charge in [-0.3, -0.25) is 0 Å². The van der Waals surface area contributed by atoms with Gasteiger partial charge in [-0.05, 0) is 41.0 Å². The minimum atomic E-state index is 0.169. The lowest BCUT2D eigenvalue weighted by atomic mass is 9.90. The number of nitrogens with zero attached hydrogens (tertiary/aromatic N) is 1. The molecule has 0 aliphatic rings. The molecule has 0 saturated carbocycles. The van der Waals surface area contributed by atoms with E-state index < -0.39 is 0 Å². The molecule has 0 radical (unpaired) electrons. The van der Waals surface area contributed by atoms with Crippen molar-refractivity contribution in [3.05, 3.63) is 95.6 Å². The molecular formula is C21H15NO2. The molecule has 24 heavy (non-hydrogen) atoms. The zero-order valence-electron chi connectivity index (χ0n) is 12.8. The van der Waals surface area contributed by atoms with Gasteiger partial charge in [0, 0.05) is 5.57 Å². The van der Waals surface area contributed by atoms with Crippen LogP contribution in [0.25, 0.3) is 11.1 Å². The van der Waals surface area contributed by atoms with Gasteiger partial charge in [0.25, 0.3) is 0 Å². The summed E-state index contributed by atoms with van der Waals surface area (Å²) < 4.78 is 0. The second-order valence-electron chi connectivity index (χ2n) is 5.32. The van der Waals surface area contributed by atoms with Crippen LogP contribution in [0.1, 0.15) is 16.7 Å². The Morgan fingerprint density at radius 3 is 1.50 bits per heavy atom. The Labute approximate surface area is 140 Å². The van der Waals surface area contributed by atoms with Gasteiger partial charge in [-0.25, -0.2) is 0 Å². The third kappa shape index (κ3) is 3.13. The highest BCUT2D eigenvalue weighted by Crippen LogP contribution is 2.33. The first-order valence-corrected chi connectivity index (χ1v) is 7.47. The van der Waals surface area contributed by atoms with E-state index in [0.717, 1.165) is 22.3 Å². The Morgan fingerprint density at radius 1 is 0.625 bits per heavy atom. The Morgan fingerprint density at radius 2 is 1.08 bits per heavy atom. The standard InChI is InChI=1S/C21H15NO2/c22-14-20(15-4-2-1-3-5-15)21(16-6-10-18(23)11-7-16)17-8-12-19(24)13-9-17/h1-13,23-24H. The lowest BCUT2D eigenvalue weighted by molar-refractivity contribution is 0.475. The summed E-state index contributed by atoms with van der Waals surface area (Å²) in [7, 11) is 0. The first-order valence-electron chi connectivity index (χ1n) is 7.47. The van der Waals surface area contributed by atoms with Crippen LogP contribution in [-0.4, -0.2) is 10.2 Å². The fraction of sp³-hybridized carbons (Fsp3) is 0. The zero-order chi connectivity index (χ0) is 16.9. The van der Waals surface area contributed by atoms with Gasteiger partial charge in [0.05, 0.1) is 5.57 Å². The second kappa shape index (κ2) is 6.72. The molecular weight excluding hydrogens is 298 g/mol. The van der Waals surface area contributed by atoms with E-state index in [9.17, 15) is 15.5 Å². The molecule has 0 aliphatic heterocycles. The molecule has 3 aromatic carbocycles. The smallest absolute Gasteiger partial charge is 0.115 e. The number of phenolic OH excluding ortho intramolecular Hbond substituents is 2. The van der Waals surface area contributed by atoms with Crippen molar-refractivity contribution in [1.82, 2.24) is 0 Å². The highest BCUT2D eigenvalue weighted by molar-refractivity contribution is 6.03. The van der Waals surface area contributed by atoms with E-state index in [1.807, 2.05) is 30.3 Å². The number of hydrogen-bond acceptors (Lipinski definition) is 3. The first-order chi connectivity index (χ1) is 11.7. The maximum Gasteiger partial charge on any atom is 0.115 e. The zero-order valence-corrected chi connectivity index (χ0v) is 12.8.